The molecule has 0 unspecified atom stereocenters. The number of para-hydroxylation sites is 1. The van der Waals surface area contributed by atoms with Crippen LogP contribution in [0.1, 0.15) is 15.9 Å². The molecular formula is C21H14ClF5N2O3. The zero-order valence-electron chi connectivity index (χ0n) is 16.2. The molecule has 32 heavy (non-hydrogen) atoms. The van der Waals surface area contributed by atoms with Gasteiger partial charge in [0, 0.05) is 11.1 Å². The third kappa shape index (κ3) is 5.25. The molecule has 3 rings (SSSR count). The topological polar surface area (TPSA) is 71.2 Å². The molecule has 168 valence electrons. The van der Waals surface area contributed by atoms with E-state index in [0.717, 1.165) is 12.1 Å². The van der Waals surface area contributed by atoms with Crippen molar-refractivity contribution in [1.82, 2.24) is 4.98 Å². The van der Waals surface area contributed by atoms with Gasteiger partial charge in [0.15, 0.2) is 6.61 Å². The molecule has 2 aromatic carbocycles. The molecule has 2 N–H and O–H groups in total. The lowest BCUT2D eigenvalue weighted by molar-refractivity contribution is -0.153. The predicted octanol–water partition coefficient (Wildman–Crippen LogP) is 5.48. The van der Waals surface area contributed by atoms with Crippen LogP contribution in [0, 0.1) is 18.6 Å². The van der Waals surface area contributed by atoms with Gasteiger partial charge in [0.1, 0.15) is 17.4 Å². The van der Waals surface area contributed by atoms with E-state index in [1.807, 2.05) is 0 Å². The summed E-state index contributed by atoms with van der Waals surface area (Å²) in [4.78, 5) is 26.9. The molecule has 0 aliphatic heterocycles. The second-order valence-corrected chi connectivity index (χ2v) is 7.07. The maximum Gasteiger partial charge on any atom is 0.422 e. The molecule has 0 aliphatic rings. The van der Waals surface area contributed by atoms with Crippen molar-refractivity contribution in [2.45, 2.75) is 13.1 Å². The third-order valence-electron chi connectivity index (χ3n) is 4.30. The number of alkyl halides is 3. The molecule has 0 saturated heterocycles. The van der Waals surface area contributed by atoms with Gasteiger partial charge in [-0.25, -0.2) is 8.78 Å². The molecule has 0 bridgehead atoms. The number of H-pyrrole nitrogens is 1. The van der Waals surface area contributed by atoms with E-state index >= 15 is 0 Å². The summed E-state index contributed by atoms with van der Waals surface area (Å²) < 4.78 is 71.6. The lowest BCUT2D eigenvalue weighted by Gasteiger charge is -2.16. The summed E-state index contributed by atoms with van der Waals surface area (Å²) in [6.07, 6.45) is -4.75. The van der Waals surface area contributed by atoms with Crippen LogP contribution in [0.25, 0.3) is 11.3 Å². The minimum atomic E-state index is -4.75. The average molecular weight is 473 g/mol. The molecule has 1 aromatic heterocycles. The van der Waals surface area contributed by atoms with Gasteiger partial charge in [0.25, 0.3) is 11.5 Å². The molecule has 0 spiro atoms. The molecule has 0 saturated carbocycles. The molecule has 5 nitrogen and oxygen atoms in total. The lowest BCUT2D eigenvalue weighted by atomic mass is 10.0. The van der Waals surface area contributed by atoms with Crippen LogP contribution in [-0.2, 0) is 0 Å². The molecule has 3 aromatic rings. The third-order valence-corrected chi connectivity index (χ3v) is 4.62. The van der Waals surface area contributed by atoms with Gasteiger partial charge in [0.05, 0.1) is 22.0 Å². The largest absolute Gasteiger partial charge is 0.483 e. The number of aryl methyl sites for hydroxylation is 1. The number of hydrogen-bond acceptors (Lipinski definition) is 3. The molecule has 0 atom stereocenters. The van der Waals surface area contributed by atoms with Gasteiger partial charge in [0.2, 0.25) is 0 Å². The number of rotatable bonds is 5. The van der Waals surface area contributed by atoms with Crippen LogP contribution in [0.2, 0.25) is 5.02 Å². The normalized spacial score (nSPS) is 11.3. The zero-order valence-corrected chi connectivity index (χ0v) is 17.0. The van der Waals surface area contributed by atoms with Crippen molar-refractivity contribution in [3.63, 3.8) is 0 Å². The SMILES string of the molecule is Cc1ccc(-c2cc(OCC(F)(F)F)c(C(=O)Nc3c(F)cccc3Cl)cc2F)[nH]c1=O. The second kappa shape index (κ2) is 8.99. The van der Waals surface area contributed by atoms with E-state index in [9.17, 15) is 31.5 Å². The van der Waals surface area contributed by atoms with Crippen LogP contribution in [-0.4, -0.2) is 23.7 Å². The summed E-state index contributed by atoms with van der Waals surface area (Å²) >= 11 is 5.84. The average Bonchev–Trinajstić information content (AvgIpc) is 2.71. The Morgan fingerprint density at radius 1 is 1.12 bits per heavy atom. The lowest BCUT2D eigenvalue weighted by Crippen LogP contribution is -2.22. The summed E-state index contributed by atoms with van der Waals surface area (Å²) in [5.41, 5.74) is -1.62. The first kappa shape index (κ1) is 23.3. The van der Waals surface area contributed by atoms with E-state index in [4.69, 9.17) is 16.3 Å². The van der Waals surface area contributed by atoms with Crippen molar-refractivity contribution in [2.75, 3.05) is 11.9 Å². The number of halogens is 6. The highest BCUT2D eigenvalue weighted by atomic mass is 35.5. The van der Waals surface area contributed by atoms with E-state index in [1.165, 1.54) is 31.2 Å². The predicted molar refractivity (Wildman–Crippen MR) is 108 cm³/mol. The number of aromatic amines is 1. The molecule has 11 heteroatoms. The maximum atomic E-state index is 14.8. The minimum Gasteiger partial charge on any atom is -0.483 e. The van der Waals surface area contributed by atoms with E-state index in [0.29, 0.717) is 11.6 Å². The number of ether oxygens (including phenoxy) is 1. The zero-order chi connectivity index (χ0) is 23.6. The van der Waals surface area contributed by atoms with E-state index in [2.05, 4.69) is 10.3 Å². The Kier molecular flexibility index (Phi) is 6.54. The molecule has 1 heterocycles. The number of pyridine rings is 1. The first-order valence-electron chi connectivity index (χ1n) is 8.95. The number of amides is 1. The number of carbonyl (C=O) groups excluding carboxylic acids is 1. The first-order chi connectivity index (χ1) is 15.0. The van der Waals surface area contributed by atoms with Crippen molar-refractivity contribution >= 4 is 23.2 Å². The van der Waals surface area contributed by atoms with Crippen LogP contribution in [0.15, 0.2) is 47.3 Å². The smallest absolute Gasteiger partial charge is 0.422 e. The standard InChI is InChI=1S/C21H14ClF5N2O3/c1-10-5-6-16(28-19(10)30)11-8-17(32-9-21(25,26)27)12(7-15(11)24)20(31)29-18-13(22)3-2-4-14(18)23/h2-8H,9H2,1H3,(H,28,30)(H,29,31). The first-order valence-corrected chi connectivity index (χ1v) is 9.33. The van der Waals surface area contributed by atoms with Crippen molar-refractivity contribution in [2.24, 2.45) is 0 Å². The Balaban J connectivity index is 2.07. The highest BCUT2D eigenvalue weighted by Crippen LogP contribution is 2.32. The molecule has 1 amide bonds. The Morgan fingerprint density at radius 2 is 1.84 bits per heavy atom. The van der Waals surface area contributed by atoms with E-state index < -0.39 is 52.9 Å². The quantitative estimate of drug-likeness (QED) is 0.483. The van der Waals surface area contributed by atoms with Crippen LogP contribution < -0.4 is 15.6 Å². The van der Waals surface area contributed by atoms with Crippen molar-refractivity contribution in [1.29, 1.82) is 0 Å². The Labute approximate surface area is 182 Å². The molecule has 0 fully saturated rings. The van der Waals surface area contributed by atoms with Crippen LogP contribution in [0.4, 0.5) is 27.6 Å². The molecule has 0 radical (unpaired) electrons. The fourth-order valence-corrected chi connectivity index (χ4v) is 2.93. The number of benzene rings is 2. The van der Waals surface area contributed by atoms with Crippen LogP contribution in [0.5, 0.6) is 5.75 Å². The Morgan fingerprint density at radius 3 is 2.47 bits per heavy atom. The van der Waals surface area contributed by atoms with Crippen LogP contribution in [0.3, 0.4) is 0 Å². The minimum absolute atomic E-state index is 0.0425. The van der Waals surface area contributed by atoms with Crippen molar-refractivity contribution in [3.05, 3.63) is 80.6 Å². The van der Waals surface area contributed by atoms with Gasteiger partial charge in [-0.15, -0.1) is 0 Å². The van der Waals surface area contributed by atoms with Gasteiger partial charge in [-0.3, -0.25) is 9.59 Å². The number of hydrogen-bond donors (Lipinski definition) is 2. The van der Waals surface area contributed by atoms with Crippen molar-refractivity contribution < 1.29 is 31.5 Å². The van der Waals surface area contributed by atoms with Crippen molar-refractivity contribution in [3.8, 4) is 17.0 Å². The van der Waals surface area contributed by atoms with E-state index in [1.54, 1.807) is 0 Å². The second-order valence-electron chi connectivity index (χ2n) is 6.67. The number of anilines is 1. The monoisotopic (exact) mass is 472 g/mol. The fraction of sp³-hybridized carbons (Fsp3) is 0.143. The summed E-state index contributed by atoms with van der Waals surface area (Å²) in [5, 5.41) is 1.93. The van der Waals surface area contributed by atoms with Gasteiger partial charge >= 0.3 is 6.18 Å². The Hall–Kier alpha value is -3.40. The highest BCUT2D eigenvalue weighted by Gasteiger charge is 2.30. The van der Waals surface area contributed by atoms with Gasteiger partial charge < -0.3 is 15.0 Å². The summed E-state index contributed by atoms with van der Waals surface area (Å²) in [5.74, 6) is -3.73. The number of nitrogens with one attached hydrogen (secondary N) is 2. The summed E-state index contributed by atoms with van der Waals surface area (Å²) in [6.45, 7) is -0.263. The maximum absolute atomic E-state index is 14.8. The van der Waals surface area contributed by atoms with Gasteiger partial charge in [-0.1, -0.05) is 23.7 Å². The van der Waals surface area contributed by atoms with Gasteiger partial charge in [-0.2, -0.15) is 13.2 Å². The fourth-order valence-electron chi connectivity index (χ4n) is 2.72. The van der Waals surface area contributed by atoms with Gasteiger partial charge in [-0.05, 0) is 37.3 Å². The molecular weight excluding hydrogens is 459 g/mol. The summed E-state index contributed by atoms with van der Waals surface area (Å²) in [6, 6.07) is 7.77. The van der Waals surface area contributed by atoms with E-state index in [-0.39, 0.29) is 16.3 Å². The number of aromatic nitrogens is 1. The number of carbonyl (C=O) groups is 1. The Bertz CT molecular complexity index is 1220. The van der Waals surface area contributed by atoms with Crippen LogP contribution >= 0.6 is 11.6 Å². The summed E-state index contributed by atoms with van der Waals surface area (Å²) in [7, 11) is 0. The molecule has 0 aliphatic carbocycles. The highest BCUT2D eigenvalue weighted by molar-refractivity contribution is 6.34.